The minimum atomic E-state index is -4.72. The number of hydrogen-bond acceptors (Lipinski definition) is 7. The maximum absolute atomic E-state index is 12.5. The van der Waals surface area contributed by atoms with Gasteiger partial charge in [0.05, 0.1) is 18.4 Å². The fraction of sp³-hybridized carbons (Fsp3) is 0.391. The molecule has 1 aliphatic heterocycles. The summed E-state index contributed by atoms with van der Waals surface area (Å²) in [4.78, 5) is 23.4. The number of carbonyl (C=O) groups excluding carboxylic acids is 1. The molecule has 0 spiro atoms. The van der Waals surface area contributed by atoms with Crippen LogP contribution in [0.4, 0.5) is 30.6 Å². The average Bonchev–Trinajstić information content (AvgIpc) is 3.20. The summed E-state index contributed by atoms with van der Waals surface area (Å²) < 4.78 is 42.5. The van der Waals surface area contributed by atoms with E-state index >= 15 is 0 Å². The van der Waals surface area contributed by atoms with Crippen LogP contribution in [0.5, 0.6) is 5.75 Å². The molecular formula is C23H26F3N7O2. The second kappa shape index (κ2) is 9.43. The lowest BCUT2D eigenvalue weighted by Crippen LogP contribution is -2.49. The smallest absolute Gasteiger partial charge is 0.406 e. The van der Waals surface area contributed by atoms with E-state index in [1.165, 1.54) is 12.1 Å². The van der Waals surface area contributed by atoms with E-state index in [-0.39, 0.29) is 23.6 Å². The molecule has 0 saturated carbocycles. The van der Waals surface area contributed by atoms with Crippen molar-refractivity contribution in [3.05, 3.63) is 53.5 Å². The molecule has 0 bridgehead atoms. The van der Waals surface area contributed by atoms with E-state index in [1.54, 1.807) is 23.0 Å². The molecule has 9 nitrogen and oxygen atoms in total. The molecule has 12 heteroatoms. The Kier molecular flexibility index (Phi) is 6.55. The zero-order valence-electron chi connectivity index (χ0n) is 19.7. The standard InChI is InChI=1S/C23H26F3N7O2/c1-13(2)19-21(34)30-18-14(3)29-22(31-20(18)32(19)4)27-9-16-10-28-33(12-16)11-15-5-7-17(8-6-15)35-23(24,25)26/h5-8,10,12-13,19H,9,11H2,1-4H3,(H,30,34)(H,27,29,31). The van der Waals surface area contributed by atoms with Gasteiger partial charge < -0.3 is 20.3 Å². The summed E-state index contributed by atoms with van der Waals surface area (Å²) in [6.45, 7) is 6.60. The Morgan fingerprint density at radius 1 is 1.17 bits per heavy atom. The van der Waals surface area contributed by atoms with Crippen LogP contribution in [0.3, 0.4) is 0 Å². The normalized spacial score (nSPS) is 15.7. The van der Waals surface area contributed by atoms with E-state index in [2.05, 4.69) is 30.4 Å². The highest BCUT2D eigenvalue weighted by Gasteiger charge is 2.35. The van der Waals surface area contributed by atoms with Crippen LogP contribution < -0.4 is 20.3 Å². The fourth-order valence-corrected chi connectivity index (χ4v) is 4.04. The molecule has 3 heterocycles. The van der Waals surface area contributed by atoms with E-state index in [0.717, 1.165) is 11.1 Å². The lowest BCUT2D eigenvalue weighted by molar-refractivity contribution is -0.274. The van der Waals surface area contributed by atoms with E-state index < -0.39 is 6.36 Å². The van der Waals surface area contributed by atoms with Gasteiger partial charge in [-0.2, -0.15) is 10.1 Å². The van der Waals surface area contributed by atoms with Gasteiger partial charge >= 0.3 is 6.36 Å². The molecule has 1 atom stereocenters. The number of rotatable bonds is 7. The van der Waals surface area contributed by atoms with Crippen molar-refractivity contribution in [2.24, 2.45) is 5.92 Å². The van der Waals surface area contributed by atoms with Gasteiger partial charge in [0, 0.05) is 25.4 Å². The molecule has 0 fully saturated rings. The average molecular weight is 490 g/mol. The number of amides is 1. The van der Waals surface area contributed by atoms with Crippen molar-refractivity contribution >= 4 is 23.4 Å². The second-order valence-corrected chi connectivity index (χ2v) is 8.71. The number of carbonyl (C=O) groups is 1. The highest BCUT2D eigenvalue weighted by molar-refractivity contribution is 6.03. The number of hydrogen-bond donors (Lipinski definition) is 2. The number of nitrogens with zero attached hydrogens (tertiary/aromatic N) is 5. The van der Waals surface area contributed by atoms with Gasteiger partial charge in [-0.15, -0.1) is 13.2 Å². The summed E-state index contributed by atoms with van der Waals surface area (Å²) in [6, 6.07) is 5.34. The predicted octanol–water partition coefficient (Wildman–Crippen LogP) is 3.95. The molecule has 35 heavy (non-hydrogen) atoms. The number of ether oxygens (including phenoxy) is 1. The van der Waals surface area contributed by atoms with Crippen LogP contribution in [0.25, 0.3) is 0 Å². The molecule has 1 unspecified atom stereocenters. The van der Waals surface area contributed by atoms with Gasteiger partial charge in [0.15, 0.2) is 5.82 Å². The van der Waals surface area contributed by atoms with Gasteiger partial charge in [-0.3, -0.25) is 9.48 Å². The van der Waals surface area contributed by atoms with Crippen molar-refractivity contribution in [2.45, 2.75) is 46.3 Å². The maximum Gasteiger partial charge on any atom is 0.573 e. The third-order valence-corrected chi connectivity index (χ3v) is 5.61. The molecule has 1 amide bonds. The lowest BCUT2D eigenvalue weighted by Gasteiger charge is -2.36. The first-order valence-corrected chi connectivity index (χ1v) is 11.0. The number of nitrogens with one attached hydrogen (secondary N) is 2. The fourth-order valence-electron chi connectivity index (χ4n) is 4.04. The highest BCUT2D eigenvalue weighted by Crippen LogP contribution is 2.34. The van der Waals surface area contributed by atoms with Crippen molar-refractivity contribution in [3.63, 3.8) is 0 Å². The van der Waals surface area contributed by atoms with Gasteiger partial charge in [-0.25, -0.2) is 4.98 Å². The third-order valence-electron chi connectivity index (χ3n) is 5.61. The molecule has 0 radical (unpaired) electrons. The van der Waals surface area contributed by atoms with Crippen LogP contribution in [0.1, 0.15) is 30.7 Å². The molecule has 0 aliphatic carbocycles. The van der Waals surface area contributed by atoms with Gasteiger partial charge in [-0.1, -0.05) is 26.0 Å². The first-order chi connectivity index (χ1) is 16.5. The zero-order valence-corrected chi connectivity index (χ0v) is 19.7. The summed E-state index contributed by atoms with van der Waals surface area (Å²) in [5.41, 5.74) is 2.93. The van der Waals surface area contributed by atoms with E-state index in [1.807, 2.05) is 38.9 Å². The number of halogens is 3. The molecule has 3 aromatic rings. The van der Waals surface area contributed by atoms with Gasteiger partial charge in [0.1, 0.15) is 17.5 Å². The van der Waals surface area contributed by atoms with Crippen molar-refractivity contribution in [3.8, 4) is 5.75 Å². The largest absolute Gasteiger partial charge is 0.573 e. The van der Waals surface area contributed by atoms with Crippen LogP contribution >= 0.6 is 0 Å². The molecule has 2 N–H and O–H groups in total. The van der Waals surface area contributed by atoms with Gasteiger partial charge in [0.2, 0.25) is 11.9 Å². The number of aromatic nitrogens is 4. The van der Waals surface area contributed by atoms with E-state index in [9.17, 15) is 18.0 Å². The van der Waals surface area contributed by atoms with Crippen LogP contribution in [0, 0.1) is 12.8 Å². The number of benzene rings is 1. The van der Waals surface area contributed by atoms with Crippen LogP contribution in [-0.4, -0.2) is 45.1 Å². The van der Waals surface area contributed by atoms with Crippen molar-refractivity contribution < 1.29 is 22.7 Å². The quantitative estimate of drug-likeness (QED) is 0.519. The molecule has 4 rings (SSSR count). The number of alkyl halides is 3. The number of aryl methyl sites for hydroxylation is 1. The SMILES string of the molecule is Cc1nc(NCc2cnn(Cc3ccc(OC(F)(F)F)cc3)c2)nc2c1NC(=O)C(C(C)C)N2C. The van der Waals surface area contributed by atoms with Crippen molar-refractivity contribution in [2.75, 3.05) is 22.6 Å². The van der Waals surface area contributed by atoms with Crippen molar-refractivity contribution in [1.29, 1.82) is 0 Å². The zero-order chi connectivity index (χ0) is 25.3. The van der Waals surface area contributed by atoms with Gasteiger partial charge in [0.25, 0.3) is 0 Å². The molecule has 186 valence electrons. The topological polar surface area (TPSA) is 97.2 Å². The minimum absolute atomic E-state index is 0.0719. The molecule has 1 aliphatic rings. The van der Waals surface area contributed by atoms with Crippen LogP contribution in [0.2, 0.25) is 0 Å². The molecular weight excluding hydrogens is 463 g/mol. The van der Waals surface area contributed by atoms with Crippen LogP contribution in [-0.2, 0) is 17.9 Å². The third kappa shape index (κ3) is 5.64. The Balaban J connectivity index is 1.40. The van der Waals surface area contributed by atoms with Gasteiger partial charge in [-0.05, 0) is 30.5 Å². The monoisotopic (exact) mass is 489 g/mol. The highest BCUT2D eigenvalue weighted by atomic mass is 19.4. The first-order valence-electron chi connectivity index (χ1n) is 11.0. The Bertz CT molecular complexity index is 1210. The van der Waals surface area contributed by atoms with Crippen molar-refractivity contribution in [1.82, 2.24) is 19.7 Å². The van der Waals surface area contributed by atoms with E-state index in [4.69, 9.17) is 0 Å². The number of anilines is 3. The lowest BCUT2D eigenvalue weighted by atomic mass is 9.99. The molecule has 0 saturated heterocycles. The first kappa shape index (κ1) is 24.3. The molecule has 2 aromatic heterocycles. The Morgan fingerprint density at radius 3 is 2.54 bits per heavy atom. The summed E-state index contributed by atoms with van der Waals surface area (Å²) in [5.74, 6) is 0.861. The Hall–Kier alpha value is -3.83. The number of likely N-dealkylation sites (N-methyl/N-ethyl adjacent to an activating group) is 1. The van der Waals surface area contributed by atoms with Crippen LogP contribution in [0.15, 0.2) is 36.7 Å². The Morgan fingerprint density at radius 2 is 1.89 bits per heavy atom. The number of fused-ring (bicyclic) bond motifs is 1. The summed E-state index contributed by atoms with van der Waals surface area (Å²) >= 11 is 0. The van der Waals surface area contributed by atoms with E-state index in [0.29, 0.717) is 36.2 Å². The summed E-state index contributed by atoms with van der Waals surface area (Å²) in [5, 5.41) is 10.4. The predicted molar refractivity (Wildman–Crippen MR) is 124 cm³/mol. The Labute approximate surface area is 200 Å². The summed E-state index contributed by atoms with van der Waals surface area (Å²) in [6.07, 6.45) is -1.19. The molecule has 1 aromatic carbocycles. The second-order valence-electron chi connectivity index (χ2n) is 8.71. The summed E-state index contributed by atoms with van der Waals surface area (Å²) in [7, 11) is 1.85. The minimum Gasteiger partial charge on any atom is -0.406 e. The maximum atomic E-state index is 12.5.